The highest BCUT2D eigenvalue weighted by molar-refractivity contribution is 8.00. The predicted molar refractivity (Wildman–Crippen MR) is 246 cm³/mol. The molecule has 5 unspecified atom stereocenters. The quantitative estimate of drug-likeness (QED) is 0.126. The minimum Gasteiger partial charge on any atom is -0.381 e. The van der Waals surface area contributed by atoms with Crippen molar-refractivity contribution in [1.82, 2.24) is 39.5 Å². The van der Waals surface area contributed by atoms with Crippen LogP contribution >= 0.6 is 11.8 Å². The van der Waals surface area contributed by atoms with Gasteiger partial charge >= 0.3 is 0 Å². The van der Waals surface area contributed by atoms with E-state index in [1.165, 1.54) is 0 Å². The van der Waals surface area contributed by atoms with Crippen molar-refractivity contribution in [2.24, 2.45) is 5.92 Å². The van der Waals surface area contributed by atoms with Crippen LogP contribution in [0.15, 0.2) is 122 Å². The van der Waals surface area contributed by atoms with Crippen molar-refractivity contribution >= 4 is 23.6 Å². The molecule has 11 nitrogen and oxygen atoms in total. The minimum atomic E-state index is -0.394. The first-order chi connectivity index (χ1) is 30.2. The summed E-state index contributed by atoms with van der Waals surface area (Å²) in [5.41, 5.74) is 8.14. The van der Waals surface area contributed by atoms with Crippen molar-refractivity contribution in [3.8, 4) is 33.6 Å². The van der Waals surface area contributed by atoms with E-state index in [1.807, 2.05) is 128 Å². The molecule has 0 aliphatic carbocycles. The molecule has 0 spiro atoms. The van der Waals surface area contributed by atoms with Gasteiger partial charge in [0, 0.05) is 25.5 Å². The number of carbonyl (C=O) groups is 2. The van der Waals surface area contributed by atoms with E-state index in [2.05, 4.69) is 63.4 Å². The van der Waals surface area contributed by atoms with Crippen LogP contribution in [0.4, 0.5) is 0 Å². The van der Waals surface area contributed by atoms with Crippen LogP contribution in [-0.4, -0.2) is 110 Å². The van der Waals surface area contributed by atoms with E-state index < -0.39 is 6.04 Å². The summed E-state index contributed by atoms with van der Waals surface area (Å²) in [6.45, 7) is 2.19. The van der Waals surface area contributed by atoms with Gasteiger partial charge in [-0.2, -0.15) is 0 Å². The van der Waals surface area contributed by atoms with Crippen molar-refractivity contribution in [2.45, 2.75) is 55.2 Å². The van der Waals surface area contributed by atoms with Crippen LogP contribution < -0.4 is 0 Å². The van der Waals surface area contributed by atoms with Gasteiger partial charge in [0.2, 0.25) is 11.8 Å². The molecule has 3 fully saturated rings. The first kappa shape index (κ1) is 41.8. The number of hydrogen-bond acceptors (Lipinski definition) is 8. The Labute approximate surface area is 368 Å². The zero-order chi connectivity index (χ0) is 42.7. The van der Waals surface area contributed by atoms with E-state index in [0.29, 0.717) is 5.92 Å². The lowest BCUT2D eigenvalue weighted by atomic mass is 9.97. The van der Waals surface area contributed by atoms with Crippen molar-refractivity contribution in [3.63, 3.8) is 0 Å². The molecule has 0 radical (unpaired) electrons. The third kappa shape index (κ3) is 8.49. The highest BCUT2D eigenvalue weighted by Crippen LogP contribution is 2.46. The molecule has 5 atom stereocenters. The molecular formula is C50H56N8O3S. The van der Waals surface area contributed by atoms with E-state index in [0.717, 1.165) is 108 Å². The molecule has 6 aromatic rings. The lowest BCUT2D eigenvalue weighted by Gasteiger charge is -2.38. The summed E-state index contributed by atoms with van der Waals surface area (Å²) >= 11 is 1.88. The second-order valence-electron chi connectivity index (χ2n) is 17.2. The molecule has 5 heterocycles. The Balaban J connectivity index is 0.890. The van der Waals surface area contributed by atoms with Gasteiger partial charge in [-0.15, -0.1) is 11.8 Å². The smallest absolute Gasteiger partial charge is 0.246 e. The Hall–Kier alpha value is -5.53. The summed E-state index contributed by atoms with van der Waals surface area (Å²) in [4.78, 5) is 53.8. The largest absolute Gasteiger partial charge is 0.381 e. The number of likely N-dealkylation sites (N-methyl/N-ethyl adjacent to an activating group) is 2. The molecular weight excluding hydrogens is 793 g/mol. The van der Waals surface area contributed by atoms with E-state index in [-0.39, 0.29) is 35.3 Å². The first-order valence-electron chi connectivity index (χ1n) is 21.8. The molecule has 2 amide bonds. The van der Waals surface area contributed by atoms with Crippen molar-refractivity contribution in [3.05, 3.63) is 144 Å². The maximum Gasteiger partial charge on any atom is 0.246 e. The molecule has 3 saturated heterocycles. The number of benzene rings is 4. The van der Waals surface area contributed by atoms with E-state index in [4.69, 9.17) is 14.7 Å². The average molecular weight is 849 g/mol. The summed E-state index contributed by atoms with van der Waals surface area (Å²) in [5, 5.41) is 0.0619. The predicted octanol–water partition coefficient (Wildman–Crippen LogP) is 8.77. The van der Waals surface area contributed by atoms with E-state index in [1.54, 1.807) is 0 Å². The molecule has 3 aliphatic rings. The third-order valence-corrected chi connectivity index (χ3v) is 14.2. The first-order valence-corrected chi connectivity index (χ1v) is 22.9. The number of thioether (sulfide) groups is 1. The number of nitrogens with zero attached hydrogens (tertiary/aromatic N) is 6. The van der Waals surface area contributed by atoms with Gasteiger partial charge < -0.3 is 24.5 Å². The zero-order valence-corrected chi connectivity index (χ0v) is 36.8. The molecule has 2 N–H and O–H groups in total. The highest BCUT2D eigenvalue weighted by Gasteiger charge is 2.46. The van der Waals surface area contributed by atoms with E-state index in [9.17, 15) is 9.59 Å². The van der Waals surface area contributed by atoms with Gasteiger partial charge in [-0.05, 0) is 93.2 Å². The summed E-state index contributed by atoms with van der Waals surface area (Å²) in [7, 11) is 7.89. The van der Waals surface area contributed by atoms with Gasteiger partial charge in [-0.25, -0.2) is 9.97 Å². The molecule has 12 heteroatoms. The van der Waals surface area contributed by atoms with Gasteiger partial charge in [0.15, 0.2) is 0 Å². The monoisotopic (exact) mass is 848 g/mol. The fourth-order valence-electron chi connectivity index (χ4n) is 9.58. The van der Waals surface area contributed by atoms with Crippen LogP contribution in [0.2, 0.25) is 0 Å². The van der Waals surface area contributed by atoms with Gasteiger partial charge in [0.25, 0.3) is 0 Å². The van der Waals surface area contributed by atoms with Crippen molar-refractivity contribution < 1.29 is 14.3 Å². The Morgan fingerprint density at radius 3 is 1.65 bits per heavy atom. The number of imidazole rings is 2. The number of likely N-dealkylation sites (tertiary alicyclic amines) is 1. The van der Waals surface area contributed by atoms with Crippen LogP contribution in [0.25, 0.3) is 33.6 Å². The Bertz CT molecular complexity index is 2430. The highest BCUT2D eigenvalue weighted by atomic mass is 32.2. The molecule has 4 aromatic carbocycles. The summed E-state index contributed by atoms with van der Waals surface area (Å²) < 4.78 is 5.73. The molecule has 2 aromatic heterocycles. The maximum absolute atomic E-state index is 14.7. The van der Waals surface area contributed by atoms with Crippen molar-refractivity contribution in [2.75, 3.05) is 53.7 Å². The Kier molecular flexibility index (Phi) is 12.4. The van der Waals surface area contributed by atoms with Crippen LogP contribution in [0.1, 0.15) is 72.6 Å². The van der Waals surface area contributed by atoms with Crippen LogP contribution in [0.5, 0.6) is 0 Å². The lowest BCUT2D eigenvalue weighted by molar-refractivity contribution is -0.140. The molecule has 0 saturated carbocycles. The normalized spacial score (nSPS) is 20.6. The fraction of sp³-hybridized carbons (Fsp3) is 0.360. The molecule has 320 valence electrons. The number of carbonyl (C=O) groups excluding carboxylic acids is 2. The van der Waals surface area contributed by atoms with Gasteiger partial charge in [-0.3, -0.25) is 19.4 Å². The second kappa shape index (κ2) is 18.4. The molecule has 3 aliphatic heterocycles. The fourth-order valence-corrected chi connectivity index (χ4v) is 11.2. The van der Waals surface area contributed by atoms with Gasteiger partial charge in [-0.1, -0.05) is 109 Å². The Morgan fingerprint density at radius 2 is 1.13 bits per heavy atom. The SMILES string of the molecule is CN(C)C(C(=O)N1CCCC1c1ncc(-c2ccc(-c3ccc(-c4cnc(C5CSC(C6CCOCC6)N5C(=O)C(c5ccccc5)N(C)C)[nH]4)cc3)cc2)[nH]1)c1ccccc1. The summed E-state index contributed by atoms with van der Waals surface area (Å²) in [5.74, 6) is 3.02. The number of aromatic amines is 2. The van der Waals surface area contributed by atoms with Crippen molar-refractivity contribution in [1.29, 1.82) is 0 Å². The topological polar surface area (TPSA) is 114 Å². The maximum atomic E-state index is 14.7. The van der Waals surface area contributed by atoms with Crippen LogP contribution in [0, 0.1) is 5.92 Å². The van der Waals surface area contributed by atoms with E-state index >= 15 is 0 Å². The van der Waals surface area contributed by atoms with Crippen LogP contribution in [0.3, 0.4) is 0 Å². The number of aromatic nitrogens is 4. The number of nitrogens with one attached hydrogen (secondary N) is 2. The third-order valence-electron chi connectivity index (χ3n) is 12.8. The molecule has 0 bridgehead atoms. The lowest BCUT2D eigenvalue weighted by Crippen LogP contribution is -2.47. The molecule has 62 heavy (non-hydrogen) atoms. The van der Waals surface area contributed by atoms with Gasteiger partial charge in [0.05, 0.1) is 35.2 Å². The molecule has 9 rings (SSSR count). The minimum absolute atomic E-state index is 0.0619. The van der Waals surface area contributed by atoms with Crippen LogP contribution in [-0.2, 0) is 14.3 Å². The Morgan fingerprint density at radius 1 is 0.645 bits per heavy atom. The number of hydrogen-bond donors (Lipinski definition) is 2. The number of ether oxygens (including phenoxy) is 1. The zero-order valence-electron chi connectivity index (χ0n) is 36.0. The van der Waals surface area contributed by atoms with Gasteiger partial charge in [0.1, 0.15) is 29.8 Å². The standard InChI is InChI=1S/C50H56N8O3S/c1-55(2)44(37-12-7-5-8-13-37)48(59)57-27-11-16-42(57)46-51-30-40(53-46)35-21-17-33(18-22-35)34-19-23-36(24-20-34)41-31-52-47(54-41)43-32-62-50(39-25-28-61-29-26-39)58(43)49(60)45(56(3)4)38-14-9-6-10-15-38/h5-10,12-15,17-24,30-31,39,42-45,50H,11,16,25-29,32H2,1-4H3,(H,51,53)(H,52,54). The number of H-pyrrole nitrogens is 2. The summed E-state index contributed by atoms with van der Waals surface area (Å²) in [6, 6.07) is 36.2. The number of rotatable bonds is 12. The average Bonchev–Trinajstić information content (AvgIpc) is 4.15. The second-order valence-corrected chi connectivity index (χ2v) is 18.3. The number of amides is 2. The summed E-state index contributed by atoms with van der Waals surface area (Å²) in [6.07, 6.45) is 7.50.